The summed E-state index contributed by atoms with van der Waals surface area (Å²) in [5, 5.41) is 3.98. The van der Waals surface area contributed by atoms with Gasteiger partial charge in [-0.2, -0.15) is 0 Å². The Morgan fingerprint density at radius 1 is 1.03 bits per heavy atom. The molecule has 2 rings (SSSR count). The third kappa shape index (κ3) is 6.72. The minimum absolute atomic E-state index is 0.0291. The molecule has 6 heteroatoms. The summed E-state index contributed by atoms with van der Waals surface area (Å²) in [6.07, 6.45) is 1.51. The van der Waals surface area contributed by atoms with Gasteiger partial charge in [0.25, 0.3) is 0 Å². The maximum atomic E-state index is 13.5. The van der Waals surface area contributed by atoms with E-state index in [4.69, 9.17) is 23.2 Å². The van der Waals surface area contributed by atoms with Crippen LogP contribution in [-0.4, -0.2) is 28.8 Å². The summed E-state index contributed by atoms with van der Waals surface area (Å²) in [6, 6.07) is 10.7. The number of carbonyl (C=O) groups is 2. The van der Waals surface area contributed by atoms with Gasteiger partial charge in [-0.25, -0.2) is 0 Å². The molecule has 1 N–H and O–H groups in total. The second-order valence-electron chi connectivity index (χ2n) is 8.07. The van der Waals surface area contributed by atoms with Gasteiger partial charge < -0.3 is 10.2 Å². The highest BCUT2D eigenvalue weighted by Gasteiger charge is 2.30. The molecule has 0 aromatic heterocycles. The van der Waals surface area contributed by atoms with Crippen LogP contribution in [-0.2, 0) is 22.6 Å². The number of hydrogen-bond donors (Lipinski definition) is 1. The fourth-order valence-corrected chi connectivity index (χ4v) is 3.99. The van der Waals surface area contributed by atoms with Crippen LogP contribution in [0.3, 0.4) is 0 Å². The lowest BCUT2D eigenvalue weighted by Crippen LogP contribution is -2.51. The Bertz CT molecular complexity index is 909. The van der Waals surface area contributed by atoms with Crippen molar-refractivity contribution in [3.63, 3.8) is 0 Å². The fraction of sp³-hybridized carbons (Fsp3) is 0.440. The third-order valence-electron chi connectivity index (χ3n) is 5.62. The van der Waals surface area contributed by atoms with Crippen LogP contribution in [0.25, 0.3) is 0 Å². The Labute approximate surface area is 195 Å². The Balaban J connectivity index is 2.41. The van der Waals surface area contributed by atoms with Gasteiger partial charge in [0.05, 0.1) is 6.42 Å². The van der Waals surface area contributed by atoms with E-state index in [9.17, 15) is 9.59 Å². The number of nitrogens with one attached hydrogen (secondary N) is 1. The summed E-state index contributed by atoms with van der Waals surface area (Å²) in [4.78, 5) is 28.2. The molecule has 0 aliphatic carbocycles. The van der Waals surface area contributed by atoms with Crippen molar-refractivity contribution in [1.82, 2.24) is 10.2 Å². The summed E-state index contributed by atoms with van der Waals surface area (Å²) >= 11 is 12.8. The van der Waals surface area contributed by atoms with Crippen molar-refractivity contribution < 1.29 is 9.59 Å². The quantitative estimate of drug-likeness (QED) is 0.505. The fourth-order valence-electron chi connectivity index (χ4n) is 3.47. The summed E-state index contributed by atoms with van der Waals surface area (Å²) in [5.74, 6) is -0.287. The Morgan fingerprint density at radius 3 is 2.26 bits per heavy atom. The standard InChI is InChI=1S/C25H32Cl2N2O2/c1-6-18(5)28-25(31)23(7-2)29(15-20-21(26)9-8-10-22(20)27)24(30)14-19-13-16(3)11-12-17(19)4/h8-13,18,23H,6-7,14-15H2,1-5H3,(H,28,31)/t18-,23+/m1/s1. The number of rotatable bonds is 9. The molecular formula is C25H32Cl2N2O2. The summed E-state index contributed by atoms with van der Waals surface area (Å²) in [5.41, 5.74) is 3.75. The smallest absolute Gasteiger partial charge is 0.243 e. The lowest BCUT2D eigenvalue weighted by Gasteiger charge is -2.32. The normalized spacial score (nSPS) is 12.9. The lowest BCUT2D eigenvalue weighted by atomic mass is 10.0. The van der Waals surface area contributed by atoms with Gasteiger partial charge in [-0.05, 0) is 56.9 Å². The van der Waals surface area contributed by atoms with Crippen LogP contribution >= 0.6 is 23.2 Å². The van der Waals surface area contributed by atoms with Crippen LogP contribution in [0.5, 0.6) is 0 Å². The highest BCUT2D eigenvalue weighted by Crippen LogP contribution is 2.27. The van der Waals surface area contributed by atoms with Crippen LogP contribution in [0.1, 0.15) is 55.9 Å². The summed E-state index contributed by atoms with van der Waals surface area (Å²) < 4.78 is 0. The van der Waals surface area contributed by atoms with Crippen molar-refractivity contribution in [2.75, 3.05) is 0 Å². The van der Waals surface area contributed by atoms with E-state index in [0.29, 0.717) is 22.0 Å². The average Bonchev–Trinajstić information content (AvgIpc) is 2.72. The maximum Gasteiger partial charge on any atom is 0.243 e. The highest BCUT2D eigenvalue weighted by atomic mass is 35.5. The molecule has 0 aliphatic heterocycles. The zero-order chi connectivity index (χ0) is 23.1. The molecule has 0 fully saturated rings. The first-order valence-electron chi connectivity index (χ1n) is 10.8. The zero-order valence-electron chi connectivity index (χ0n) is 19.0. The lowest BCUT2D eigenvalue weighted by molar-refractivity contribution is -0.141. The van der Waals surface area contributed by atoms with Crippen molar-refractivity contribution >= 4 is 35.0 Å². The van der Waals surface area contributed by atoms with E-state index in [1.165, 1.54) is 0 Å². The first kappa shape index (κ1) is 25.2. The molecule has 0 heterocycles. The Morgan fingerprint density at radius 2 is 1.68 bits per heavy atom. The molecule has 0 unspecified atom stereocenters. The Hall–Kier alpha value is -2.04. The van der Waals surface area contributed by atoms with Crippen LogP contribution in [0.4, 0.5) is 0 Å². The number of halogens is 2. The first-order valence-corrected chi connectivity index (χ1v) is 11.5. The van der Waals surface area contributed by atoms with E-state index < -0.39 is 6.04 Å². The topological polar surface area (TPSA) is 49.4 Å². The molecule has 168 valence electrons. The number of benzene rings is 2. The molecule has 0 radical (unpaired) electrons. The van der Waals surface area contributed by atoms with Crippen LogP contribution in [0.2, 0.25) is 10.0 Å². The van der Waals surface area contributed by atoms with Crippen molar-refractivity contribution in [2.45, 2.75) is 72.5 Å². The van der Waals surface area contributed by atoms with E-state index in [0.717, 1.165) is 23.1 Å². The van der Waals surface area contributed by atoms with Crippen molar-refractivity contribution in [1.29, 1.82) is 0 Å². The van der Waals surface area contributed by atoms with E-state index in [1.54, 1.807) is 23.1 Å². The van der Waals surface area contributed by atoms with Crippen molar-refractivity contribution in [3.8, 4) is 0 Å². The van der Waals surface area contributed by atoms with Gasteiger partial charge in [-0.15, -0.1) is 0 Å². The largest absolute Gasteiger partial charge is 0.352 e. The molecule has 0 bridgehead atoms. The molecule has 0 saturated heterocycles. The molecule has 0 aliphatic rings. The highest BCUT2D eigenvalue weighted by molar-refractivity contribution is 6.36. The number of aryl methyl sites for hydroxylation is 2. The van der Waals surface area contributed by atoms with E-state index in [2.05, 4.69) is 5.32 Å². The average molecular weight is 463 g/mol. The molecule has 0 saturated carbocycles. The summed E-state index contributed by atoms with van der Waals surface area (Å²) in [7, 11) is 0. The molecule has 2 aromatic rings. The minimum atomic E-state index is -0.612. The molecule has 2 aromatic carbocycles. The SMILES string of the molecule is CC[C@@H](C)NC(=O)[C@H](CC)N(Cc1c(Cl)cccc1Cl)C(=O)Cc1cc(C)ccc1C. The van der Waals surface area contributed by atoms with E-state index >= 15 is 0 Å². The monoisotopic (exact) mass is 462 g/mol. The number of carbonyl (C=O) groups excluding carboxylic acids is 2. The second kappa shape index (κ2) is 11.5. The first-order chi connectivity index (χ1) is 14.7. The maximum absolute atomic E-state index is 13.5. The van der Waals surface area contributed by atoms with Gasteiger partial charge in [0.2, 0.25) is 11.8 Å². The number of nitrogens with zero attached hydrogens (tertiary/aromatic N) is 1. The number of amides is 2. The molecule has 2 atom stereocenters. The predicted octanol–water partition coefficient (Wildman–Crippen LogP) is 5.87. The minimum Gasteiger partial charge on any atom is -0.352 e. The molecule has 31 heavy (non-hydrogen) atoms. The van der Waals surface area contributed by atoms with Crippen LogP contribution in [0.15, 0.2) is 36.4 Å². The number of hydrogen-bond acceptors (Lipinski definition) is 2. The van der Waals surface area contributed by atoms with Crippen molar-refractivity contribution in [3.05, 3.63) is 68.7 Å². The second-order valence-corrected chi connectivity index (χ2v) is 8.88. The van der Waals surface area contributed by atoms with Gasteiger partial charge in [0.15, 0.2) is 0 Å². The molecule has 2 amide bonds. The third-order valence-corrected chi connectivity index (χ3v) is 6.33. The van der Waals surface area contributed by atoms with Gasteiger partial charge in [-0.1, -0.05) is 66.9 Å². The van der Waals surface area contributed by atoms with Crippen molar-refractivity contribution in [2.24, 2.45) is 0 Å². The van der Waals surface area contributed by atoms with E-state index in [-0.39, 0.29) is 30.8 Å². The predicted molar refractivity (Wildman–Crippen MR) is 129 cm³/mol. The molecule has 4 nitrogen and oxygen atoms in total. The molecular weight excluding hydrogens is 431 g/mol. The molecule has 0 spiro atoms. The summed E-state index contributed by atoms with van der Waals surface area (Å²) in [6.45, 7) is 10.0. The Kier molecular flexibility index (Phi) is 9.39. The van der Waals surface area contributed by atoms with E-state index in [1.807, 2.05) is 52.8 Å². The van der Waals surface area contributed by atoms with Crippen LogP contribution in [0, 0.1) is 13.8 Å². The zero-order valence-corrected chi connectivity index (χ0v) is 20.5. The van der Waals surface area contributed by atoms with Gasteiger partial charge in [0.1, 0.15) is 6.04 Å². The van der Waals surface area contributed by atoms with Gasteiger partial charge >= 0.3 is 0 Å². The van der Waals surface area contributed by atoms with Gasteiger partial charge in [0, 0.05) is 28.2 Å². The van der Waals surface area contributed by atoms with Gasteiger partial charge in [-0.3, -0.25) is 9.59 Å². The van der Waals surface area contributed by atoms with Crippen LogP contribution < -0.4 is 5.32 Å².